The summed E-state index contributed by atoms with van der Waals surface area (Å²) in [5.74, 6) is 4.76. The highest BCUT2D eigenvalue weighted by Crippen LogP contribution is 2.39. The standard InChI is InChI=1S/C21H34N2/c1-3-17-4-6-18(7-5-17)8-9-19-10-12-20(13-11-19)21-22-14-16(2)15-23-21/h14-15,17-20H,3-13H2,1-2H3. The SMILES string of the molecule is CCC1CCC(CCC2CCC(c3ncc(C)cn3)CC2)CC1. The fraction of sp³-hybridized carbons (Fsp3) is 0.810. The Morgan fingerprint density at radius 3 is 1.78 bits per heavy atom. The third kappa shape index (κ3) is 4.78. The normalized spacial score (nSPS) is 31.9. The maximum Gasteiger partial charge on any atom is 0.131 e. The number of nitrogens with zero attached hydrogens (tertiary/aromatic N) is 2. The molecule has 0 bridgehead atoms. The van der Waals surface area contributed by atoms with Crippen LogP contribution in [0, 0.1) is 24.7 Å². The molecule has 2 saturated carbocycles. The van der Waals surface area contributed by atoms with Crippen LogP contribution in [0.3, 0.4) is 0 Å². The first-order valence-electron chi connectivity index (χ1n) is 10.0. The molecule has 0 saturated heterocycles. The van der Waals surface area contributed by atoms with E-state index in [-0.39, 0.29) is 0 Å². The van der Waals surface area contributed by atoms with Crippen LogP contribution in [0.2, 0.25) is 0 Å². The Kier molecular flexibility index (Phi) is 6.08. The van der Waals surface area contributed by atoms with Gasteiger partial charge in [-0.2, -0.15) is 0 Å². The molecule has 0 N–H and O–H groups in total. The number of aryl methyl sites for hydroxylation is 1. The Morgan fingerprint density at radius 2 is 1.26 bits per heavy atom. The molecular weight excluding hydrogens is 280 g/mol. The van der Waals surface area contributed by atoms with Crippen molar-refractivity contribution in [1.29, 1.82) is 0 Å². The molecule has 2 heteroatoms. The number of aromatic nitrogens is 2. The fourth-order valence-electron chi connectivity index (χ4n) is 4.72. The van der Waals surface area contributed by atoms with Crippen molar-refractivity contribution < 1.29 is 0 Å². The molecule has 2 aliphatic rings. The summed E-state index contributed by atoms with van der Waals surface area (Å²) in [6.07, 6.45) is 19.7. The summed E-state index contributed by atoms with van der Waals surface area (Å²) in [5.41, 5.74) is 1.17. The predicted molar refractivity (Wildman–Crippen MR) is 96.4 cm³/mol. The molecule has 2 fully saturated rings. The summed E-state index contributed by atoms with van der Waals surface area (Å²) in [4.78, 5) is 9.10. The van der Waals surface area contributed by atoms with E-state index in [9.17, 15) is 0 Å². The predicted octanol–water partition coefficient (Wildman–Crippen LogP) is 6.06. The van der Waals surface area contributed by atoms with Crippen LogP contribution < -0.4 is 0 Å². The second kappa shape index (κ2) is 8.26. The van der Waals surface area contributed by atoms with E-state index in [0.717, 1.165) is 23.6 Å². The zero-order chi connectivity index (χ0) is 16.1. The lowest BCUT2D eigenvalue weighted by Crippen LogP contribution is -2.18. The molecule has 0 aromatic carbocycles. The number of hydrogen-bond acceptors (Lipinski definition) is 2. The highest BCUT2D eigenvalue weighted by atomic mass is 14.9. The molecular formula is C21H34N2. The Labute approximate surface area is 142 Å². The third-order valence-electron chi connectivity index (χ3n) is 6.54. The molecule has 2 aliphatic carbocycles. The monoisotopic (exact) mass is 314 g/mol. The Balaban J connectivity index is 1.37. The van der Waals surface area contributed by atoms with Gasteiger partial charge >= 0.3 is 0 Å². The molecule has 0 aliphatic heterocycles. The zero-order valence-corrected chi connectivity index (χ0v) is 15.1. The quantitative estimate of drug-likeness (QED) is 0.660. The summed E-state index contributed by atoms with van der Waals surface area (Å²) in [6, 6.07) is 0. The Bertz CT molecular complexity index is 451. The average Bonchev–Trinajstić information content (AvgIpc) is 2.61. The number of hydrogen-bond donors (Lipinski definition) is 0. The highest BCUT2D eigenvalue weighted by Gasteiger charge is 2.26. The van der Waals surface area contributed by atoms with E-state index in [1.807, 2.05) is 12.4 Å². The molecule has 0 radical (unpaired) electrons. The second-order valence-electron chi connectivity index (χ2n) is 8.21. The third-order valence-corrected chi connectivity index (χ3v) is 6.54. The van der Waals surface area contributed by atoms with Crippen molar-refractivity contribution in [3.8, 4) is 0 Å². The molecule has 1 aromatic rings. The van der Waals surface area contributed by atoms with E-state index in [4.69, 9.17) is 0 Å². The zero-order valence-electron chi connectivity index (χ0n) is 15.1. The van der Waals surface area contributed by atoms with Crippen LogP contribution >= 0.6 is 0 Å². The second-order valence-corrected chi connectivity index (χ2v) is 8.21. The van der Waals surface area contributed by atoms with Crippen molar-refractivity contribution in [2.45, 2.75) is 90.4 Å². The maximum atomic E-state index is 4.55. The molecule has 0 amide bonds. The topological polar surface area (TPSA) is 25.8 Å². The van der Waals surface area contributed by atoms with Crippen LogP contribution in [0.1, 0.15) is 94.9 Å². The van der Waals surface area contributed by atoms with Crippen LogP contribution in [0.15, 0.2) is 12.4 Å². The first kappa shape index (κ1) is 16.9. The van der Waals surface area contributed by atoms with Crippen LogP contribution in [-0.2, 0) is 0 Å². The van der Waals surface area contributed by atoms with E-state index in [2.05, 4.69) is 23.8 Å². The van der Waals surface area contributed by atoms with E-state index < -0.39 is 0 Å². The molecule has 3 rings (SSSR count). The molecule has 0 atom stereocenters. The van der Waals surface area contributed by atoms with Gasteiger partial charge in [-0.05, 0) is 55.9 Å². The first-order valence-corrected chi connectivity index (χ1v) is 10.0. The molecule has 1 aromatic heterocycles. The van der Waals surface area contributed by atoms with Crippen molar-refractivity contribution in [2.24, 2.45) is 17.8 Å². The van der Waals surface area contributed by atoms with E-state index in [1.54, 1.807) is 0 Å². The minimum atomic E-state index is 0.617. The van der Waals surface area contributed by atoms with Gasteiger partial charge in [0, 0.05) is 18.3 Å². The van der Waals surface area contributed by atoms with Gasteiger partial charge in [0.1, 0.15) is 5.82 Å². The number of rotatable bonds is 5. The lowest BCUT2D eigenvalue weighted by atomic mass is 9.75. The lowest BCUT2D eigenvalue weighted by molar-refractivity contribution is 0.226. The lowest BCUT2D eigenvalue weighted by Gasteiger charge is -2.31. The summed E-state index contributed by atoms with van der Waals surface area (Å²) in [5, 5.41) is 0. The highest BCUT2D eigenvalue weighted by molar-refractivity contribution is 5.05. The van der Waals surface area contributed by atoms with Gasteiger partial charge in [0.05, 0.1) is 0 Å². The van der Waals surface area contributed by atoms with E-state index in [0.29, 0.717) is 5.92 Å². The van der Waals surface area contributed by atoms with Gasteiger partial charge in [-0.1, -0.05) is 51.9 Å². The van der Waals surface area contributed by atoms with E-state index in [1.165, 1.54) is 76.2 Å². The largest absolute Gasteiger partial charge is 0.241 e. The summed E-state index contributed by atoms with van der Waals surface area (Å²) >= 11 is 0. The summed E-state index contributed by atoms with van der Waals surface area (Å²) in [7, 11) is 0. The van der Waals surface area contributed by atoms with Crippen LogP contribution in [0.5, 0.6) is 0 Å². The summed E-state index contributed by atoms with van der Waals surface area (Å²) < 4.78 is 0. The maximum absolute atomic E-state index is 4.55. The molecule has 0 unspecified atom stereocenters. The average molecular weight is 315 g/mol. The van der Waals surface area contributed by atoms with Crippen molar-refractivity contribution in [3.05, 3.63) is 23.8 Å². The van der Waals surface area contributed by atoms with E-state index >= 15 is 0 Å². The van der Waals surface area contributed by atoms with Crippen LogP contribution in [0.4, 0.5) is 0 Å². The molecule has 2 nitrogen and oxygen atoms in total. The van der Waals surface area contributed by atoms with Crippen molar-refractivity contribution in [2.75, 3.05) is 0 Å². The molecule has 1 heterocycles. The van der Waals surface area contributed by atoms with Crippen LogP contribution in [-0.4, -0.2) is 9.97 Å². The van der Waals surface area contributed by atoms with Crippen molar-refractivity contribution in [3.63, 3.8) is 0 Å². The minimum absolute atomic E-state index is 0.617. The molecule has 23 heavy (non-hydrogen) atoms. The van der Waals surface area contributed by atoms with Gasteiger partial charge in [0.15, 0.2) is 0 Å². The smallest absolute Gasteiger partial charge is 0.131 e. The summed E-state index contributed by atoms with van der Waals surface area (Å²) in [6.45, 7) is 4.43. The van der Waals surface area contributed by atoms with Gasteiger partial charge in [0.25, 0.3) is 0 Å². The van der Waals surface area contributed by atoms with Crippen molar-refractivity contribution >= 4 is 0 Å². The van der Waals surface area contributed by atoms with Gasteiger partial charge in [-0.15, -0.1) is 0 Å². The van der Waals surface area contributed by atoms with Crippen molar-refractivity contribution in [1.82, 2.24) is 9.97 Å². The van der Waals surface area contributed by atoms with Gasteiger partial charge < -0.3 is 0 Å². The minimum Gasteiger partial charge on any atom is -0.241 e. The Hall–Kier alpha value is -0.920. The Morgan fingerprint density at radius 1 is 0.783 bits per heavy atom. The van der Waals surface area contributed by atoms with Gasteiger partial charge in [-0.25, -0.2) is 9.97 Å². The first-order chi connectivity index (χ1) is 11.2. The fourth-order valence-corrected chi connectivity index (χ4v) is 4.72. The van der Waals surface area contributed by atoms with Crippen LogP contribution in [0.25, 0.3) is 0 Å². The molecule has 0 spiro atoms. The van der Waals surface area contributed by atoms with Gasteiger partial charge in [-0.3, -0.25) is 0 Å². The van der Waals surface area contributed by atoms with Gasteiger partial charge in [0.2, 0.25) is 0 Å². The molecule has 128 valence electrons.